The summed E-state index contributed by atoms with van der Waals surface area (Å²) in [6, 6.07) is 12.1. The fourth-order valence-corrected chi connectivity index (χ4v) is 3.49. The van der Waals surface area contributed by atoms with Crippen molar-refractivity contribution >= 4 is 33.1 Å². The van der Waals surface area contributed by atoms with Gasteiger partial charge in [-0.25, -0.2) is 0 Å². The lowest BCUT2D eigenvalue weighted by Gasteiger charge is -2.18. The van der Waals surface area contributed by atoms with Crippen LogP contribution in [0.2, 0.25) is 0 Å². The van der Waals surface area contributed by atoms with Crippen molar-refractivity contribution in [2.75, 3.05) is 11.4 Å². The van der Waals surface area contributed by atoms with Crippen LogP contribution < -0.4 is 10.3 Å². The lowest BCUT2D eigenvalue weighted by Crippen LogP contribution is -2.14. The van der Waals surface area contributed by atoms with E-state index in [0.29, 0.717) is 0 Å². The number of anilines is 2. The van der Waals surface area contributed by atoms with Gasteiger partial charge in [0.1, 0.15) is 10.6 Å². The van der Waals surface area contributed by atoms with Crippen molar-refractivity contribution in [1.82, 2.24) is 4.98 Å². The third-order valence-electron chi connectivity index (χ3n) is 3.62. The van der Waals surface area contributed by atoms with Crippen LogP contribution in [0.15, 0.2) is 46.6 Å². The summed E-state index contributed by atoms with van der Waals surface area (Å²) in [7, 11) is 0. The number of rotatable bonds is 1. The molecule has 0 unspecified atom stereocenters. The van der Waals surface area contributed by atoms with Gasteiger partial charge in [-0.15, -0.1) is 11.3 Å². The molecular weight excluding hydrogens is 256 g/mol. The van der Waals surface area contributed by atoms with Gasteiger partial charge in [0.05, 0.1) is 5.39 Å². The molecule has 0 saturated carbocycles. The van der Waals surface area contributed by atoms with E-state index in [1.54, 1.807) is 11.3 Å². The third-order valence-corrected chi connectivity index (χ3v) is 4.45. The number of nitrogens with one attached hydrogen (secondary N) is 1. The number of H-pyrrole nitrogens is 1. The van der Waals surface area contributed by atoms with Crippen molar-refractivity contribution in [3.05, 3.63) is 57.6 Å². The van der Waals surface area contributed by atoms with E-state index in [9.17, 15) is 4.79 Å². The van der Waals surface area contributed by atoms with E-state index in [1.165, 1.54) is 0 Å². The maximum atomic E-state index is 12.4. The fraction of sp³-hybridized carbons (Fsp3) is 0.133. The molecule has 4 rings (SSSR count). The molecule has 0 radical (unpaired) electrons. The smallest absolute Gasteiger partial charge is 0.195 e. The van der Waals surface area contributed by atoms with E-state index in [4.69, 9.17) is 0 Å². The van der Waals surface area contributed by atoms with Gasteiger partial charge in [-0.1, -0.05) is 18.2 Å². The maximum absolute atomic E-state index is 12.4. The standard InChI is InChI=1S/C15H12N2OS/c18-13-11-6-8-17(10-4-2-1-3-5-10)14(11)16-15-12(13)7-9-19-15/h1-5,7,9H,6,8H2,(H,16,18). The number of hydrogen-bond donors (Lipinski definition) is 1. The van der Waals surface area contributed by atoms with E-state index >= 15 is 0 Å². The molecule has 3 heterocycles. The number of thiophene rings is 1. The Morgan fingerprint density at radius 2 is 2.00 bits per heavy atom. The zero-order chi connectivity index (χ0) is 12.8. The Hall–Kier alpha value is -2.07. The van der Waals surface area contributed by atoms with Gasteiger partial charge in [-0.05, 0) is 30.0 Å². The first-order chi connectivity index (χ1) is 9.34. The van der Waals surface area contributed by atoms with E-state index in [-0.39, 0.29) is 5.43 Å². The highest BCUT2D eigenvalue weighted by Gasteiger charge is 2.25. The highest BCUT2D eigenvalue weighted by atomic mass is 32.1. The topological polar surface area (TPSA) is 36.1 Å². The highest BCUT2D eigenvalue weighted by molar-refractivity contribution is 7.16. The van der Waals surface area contributed by atoms with Crippen LogP contribution in [0.4, 0.5) is 11.5 Å². The molecule has 0 saturated heterocycles. The summed E-state index contributed by atoms with van der Waals surface area (Å²) in [5.41, 5.74) is 2.23. The third kappa shape index (κ3) is 1.53. The minimum Gasteiger partial charge on any atom is -0.332 e. The number of benzene rings is 1. The van der Waals surface area contributed by atoms with Gasteiger partial charge >= 0.3 is 0 Å². The second-order valence-electron chi connectivity index (χ2n) is 4.68. The van der Waals surface area contributed by atoms with Crippen LogP contribution in [-0.4, -0.2) is 11.5 Å². The summed E-state index contributed by atoms with van der Waals surface area (Å²) in [6.07, 6.45) is 0.811. The molecule has 94 valence electrons. The van der Waals surface area contributed by atoms with Crippen LogP contribution in [0.5, 0.6) is 0 Å². The van der Waals surface area contributed by atoms with Crippen molar-refractivity contribution < 1.29 is 0 Å². The maximum Gasteiger partial charge on any atom is 0.195 e. The molecule has 4 heteroatoms. The van der Waals surface area contributed by atoms with Gasteiger partial charge in [0.25, 0.3) is 0 Å². The Balaban J connectivity index is 1.96. The average molecular weight is 268 g/mol. The van der Waals surface area contributed by atoms with Crippen molar-refractivity contribution in [1.29, 1.82) is 0 Å². The Labute approximate surface area is 114 Å². The molecule has 1 aliphatic rings. The molecule has 0 bridgehead atoms. The summed E-state index contributed by atoms with van der Waals surface area (Å²) in [5.74, 6) is 0.964. The van der Waals surface area contributed by atoms with Gasteiger partial charge < -0.3 is 9.88 Å². The molecule has 3 aromatic rings. The van der Waals surface area contributed by atoms with Crippen LogP contribution in [0.1, 0.15) is 5.56 Å². The SMILES string of the molecule is O=c1c2c([nH]c3sccc13)N(c1ccccc1)CC2. The van der Waals surface area contributed by atoms with Crippen molar-refractivity contribution in [2.24, 2.45) is 0 Å². The number of para-hydroxylation sites is 1. The molecule has 1 aromatic carbocycles. The van der Waals surface area contributed by atoms with Crippen LogP contribution in [0.25, 0.3) is 10.2 Å². The van der Waals surface area contributed by atoms with Crippen molar-refractivity contribution in [3.63, 3.8) is 0 Å². The van der Waals surface area contributed by atoms with Gasteiger partial charge in [-0.3, -0.25) is 4.79 Å². The van der Waals surface area contributed by atoms with Crippen molar-refractivity contribution in [2.45, 2.75) is 6.42 Å². The molecule has 1 N–H and O–H groups in total. The minimum atomic E-state index is 0.184. The predicted octanol–water partition coefficient (Wildman–Crippen LogP) is 3.28. The molecule has 0 fully saturated rings. The monoisotopic (exact) mass is 268 g/mol. The molecule has 0 spiro atoms. The second-order valence-corrected chi connectivity index (χ2v) is 5.60. The summed E-state index contributed by atoms with van der Waals surface area (Å²) < 4.78 is 0. The van der Waals surface area contributed by atoms with Crippen molar-refractivity contribution in [3.8, 4) is 0 Å². The lowest BCUT2D eigenvalue weighted by molar-refractivity contribution is 0.989. The molecule has 0 amide bonds. The minimum absolute atomic E-state index is 0.184. The molecule has 0 aliphatic carbocycles. The Morgan fingerprint density at radius 3 is 2.84 bits per heavy atom. The summed E-state index contributed by atoms with van der Waals surface area (Å²) >= 11 is 1.58. The number of aromatic amines is 1. The average Bonchev–Trinajstić information content (AvgIpc) is 3.07. The van der Waals surface area contributed by atoms with E-state index in [1.807, 2.05) is 29.6 Å². The largest absolute Gasteiger partial charge is 0.332 e. The second kappa shape index (κ2) is 3.96. The molecular formula is C15H12N2OS. The van der Waals surface area contributed by atoms with E-state index < -0.39 is 0 Å². The van der Waals surface area contributed by atoms with Gasteiger partial charge in [0, 0.05) is 17.8 Å². The molecule has 1 aliphatic heterocycles. The van der Waals surface area contributed by atoms with Crippen LogP contribution in [-0.2, 0) is 6.42 Å². The number of hydrogen-bond acceptors (Lipinski definition) is 3. The number of aromatic nitrogens is 1. The normalized spacial score (nSPS) is 14.0. The van der Waals surface area contributed by atoms with E-state index in [2.05, 4.69) is 22.0 Å². The summed E-state index contributed by atoms with van der Waals surface area (Å²) in [4.78, 5) is 19.0. The van der Waals surface area contributed by atoms with E-state index in [0.717, 1.165) is 40.3 Å². The first kappa shape index (κ1) is 10.8. The van der Waals surface area contributed by atoms with Crippen LogP contribution >= 0.6 is 11.3 Å². The Kier molecular flexibility index (Phi) is 2.26. The zero-order valence-electron chi connectivity index (χ0n) is 10.2. The predicted molar refractivity (Wildman–Crippen MR) is 79.6 cm³/mol. The number of nitrogens with zero attached hydrogens (tertiary/aromatic N) is 1. The zero-order valence-corrected chi connectivity index (χ0v) is 11.0. The first-order valence-corrected chi connectivity index (χ1v) is 7.17. The fourth-order valence-electron chi connectivity index (χ4n) is 2.70. The van der Waals surface area contributed by atoms with Crippen LogP contribution in [0, 0.1) is 0 Å². The Bertz CT molecular complexity index is 804. The lowest BCUT2D eigenvalue weighted by atomic mass is 10.2. The quantitative estimate of drug-likeness (QED) is 0.735. The van der Waals surface area contributed by atoms with Gasteiger partial charge in [0.15, 0.2) is 5.43 Å². The first-order valence-electron chi connectivity index (χ1n) is 6.29. The van der Waals surface area contributed by atoms with Gasteiger partial charge in [0.2, 0.25) is 0 Å². The molecule has 0 atom stereocenters. The highest BCUT2D eigenvalue weighted by Crippen LogP contribution is 2.33. The number of pyridine rings is 1. The Morgan fingerprint density at radius 1 is 1.16 bits per heavy atom. The number of fused-ring (bicyclic) bond motifs is 2. The molecule has 3 nitrogen and oxygen atoms in total. The van der Waals surface area contributed by atoms with Gasteiger partial charge in [-0.2, -0.15) is 0 Å². The summed E-state index contributed by atoms with van der Waals surface area (Å²) in [6.45, 7) is 0.863. The molecule has 2 aromatic heterocycles. The summed E-state index contributed by atoms with van der Waals surface area (Å²) in [5, 5.41) is 2.78. The molecule has 19 heavy (non-hydrogen) atoms. The van der Waals surface area contributed by atoms with Crippen LogP contribution in [0.3, 0.4) is 0 Å².